The first-order chi connectivity index (χ1) is 11.9. The van der Waals surface area contributed by atoms with E-state index in [-0.39, 0.29) is 33.3 Å². The summed E-state index contributed by atoms with van der Waals surface area (Å²) < 4.78 is 26.2. The summed E-state index contributed by atoms with van der Waals surface area (Å²) in [5.41, 5.74) is 11.7. The Morgan fingerprint density at radius 1 is 0.720 bits per heavy atom. The van der Waals surface area contributed by atoms with Crippen LogP contribution in [0.4, 0.5) is 22.7 Å². The molecule has 0 amide bonds. The highest BCUT2D eigenvalue weighted by atomic mass is 32.2. The summed E-state index contributed by atoms with van der Waals surface area (Å²) >= 11 is 0. The number of anilines is 4. The van der Waals surface area contributed by atoms with E-state index in [1.54, 1.807) is 0 Å². The predicted octanol–water partition coefficient (Wildman–Crippen LogP) is 0.585. The lowest BCUT2D eigenvalue weighted by molar-refractivity contribution is -0.128. The van der Waals surface area contributed by atoms with Gasteiger partial charge in [0.15, 0.2) is 0 Å². The summed E-state index contributed by atoms with van der Waals surface area (Å²) in [6.07, 6.45) is 0. The van der Waals surface area contributed by atoms with Gasteiger partial charge in [0, 0.05) is 11.4 Å². The van der Waals surface area contributed by atoms with Crippen LogP contribution in [0.1, 0.15) is 0 Å². The molecular weight excluding hydrogens is 352 g/mol. The van der Waals surface area contributed by atoms with E-state index in [1.165, 1.54) is 48.5 Å². The number of hydrogen-bond donors (Lipinski definition) is 2. The molecule has 0 unspecified atom stereocenters. The van der Waals surface area contributed by atoms with Crippen LogP contribution in [0.3, 0.4) is 0 Å². The van der Waals surface area contributed by atoms with Gasteiger partial charge in [0.2, 0.25) is 0 Å². The van der Waals surface area contributed by atoms with E-state index in [2.05, 4.69) is 9.68 Å². The molecule has 0 saturated carbocycles. The van der Waals surface area contributed by atoms with E-state index in [0.717, 1.165) is 0 Å². The van der Waals surface area contributed by atoms with E-state index in [9.17, 15) is 18.0 Å². The number of hydrogen-bond acceptors (Lipinski definition) is 8. The molecule has 11 heteroatoms. The number of benzene rings is 2. The average molecular weight is 366 g/mol. The fourth-order valence-corrected chi connectivity index (χ4v) is 3.03. The fourth-order valence-electron chi connectivity index (χ4n) is 1.83. The van der Waals surface area contributed by atoms with Gasteiger partial charge in [-0.05, 0) is 48.5 Å². The molecule has 25 heavy (non-hydrogen) atoms. The Labute approximate surface area is 143 Å². The third-order valence-electron chi connectivity index (χ3n) is 2.90. The molecule has 4 N–H and O–H groups in total. The molecule has 0 aliphatic rings. The number of rotatable bonds is 8. The SMILES string of the molecule is Nc1ccc(N(OC=O)S(=O)(=O)N(OC=O)c2ccc(N)cc2)cc1. The molecule has 2 aromatic rings. The Hall–Kier alpha value is -3.47. The largest absolute Gasteiger partial charge is 0.399 e. The van der Waals surface area contributed by atoms with Crippen molar-refractivity contribution in [2.75, 3.05) is 20.4 Å². The second-order valence-electron chi connectivity index (χ2n) is 4.55. The van der Waals surface area contributed by atoms with Gasteiger partial charge in [0.25, 0.3) is 0 Å². The number of nitrogen functional groups attached to an aromatic ring is 2. The Morgan fingerprint density at radius 2 is 1.04 bits per heavy atom. The van der Waals surface area contributed by atoms with Gasteiger partial charge >= 0.3 is 23.2 Å². The third-order valence-corrected chi connectivity index (χ3v) is 4.34. The summed E-state index contributed by atoms with van der Waals surface area (Å²) in [6, 6.07) is 10.8. The zero-order valence-corrected chi connectivity index (χ0v) is 13.5. The first-order valence-corrected chi connectivity index (χ1v) is 8.07. The van der Waals surface area contributed by atoms with Gasteiger partial charge < -0.3 is 21.1 Å². The topological polar surface area (TPSA) is 145 Å². The minimum absolute atomic E-state index is 0.0451. The van der Waals surface area contributed by atoms with Crippen LogP contribution < -0.4 is 20.4 Å². The predicted molar refractivity (Wildman–Crippen MR) is 89.9 cm³/mol. The first-order valence-electron chi connectivity index (χ1n) is 6.67. The van der Waals surface area contributed by atoms with Crippen molar-refractivity contribution in [3.8, 4) is 0 Å². The molecule has 10 nitrogen and oxygen atoms in total. The molecule has 2 aromatic carbocycles. The quantitative estimate of drug-likeness (QED) is 0.392. The number of nitrogens with zero attached hydrogens (tertiary/aromatic N) is 2. The van der Waals surface area contributed by atoms with E-state index in [1.807, 2.05) is 0 Å². The van der Waals surface area contributed by atoms with Crippen molar-refractivity contribution in [3.05, 3.63) is 48.5 Å². The number of carbonyl (C=O) groups excluding carboxylic acids is 2. The summed E-state index contributed by atoms with van der Waals surface area (Å²) in [5.74, 6) is 0. The standard InChI is InChI=1S/C14H14N4O6S/c15-11-1-5-13(6-2-11)17(23-9-19)25(21,22)18(24-10-20)14-7-3-12(16)4-8-14/h1-10H,15-16H2. The molecule has 0 aliphatic carbocycles. The molecule has 0 aliphatic heterocycles. The summed E-state index contributed by atoms with van der Waals surface area (Å²) in [7, 11) is -4.64. The smallest absolute Gasteiger partial charge is 0.389 e. The molecule has 132 valence electrons. The van der Waals surface area contributed by atoms with Gasteiger partial charge in [0.05, 0.1) is 11.4 Å². The Morgan fingerprint density at radius 3 is 1.32 bits per heavy atom. The van der Waals surface area contributed by atoms with Gasteiger partial charge in [-0.15, -0.1) is 0 Å². The molecule has 0 saturated heterocycles. The van der Waals surface area contributed by atoms with Crippen molar-refractivity contribution in [1.29, 1.82) is 0 Å². The van der Waals surface area contributed by atoms with Crippen LogP contribution in [0.2, 0.25) is 0 Å². The van der Waals surface area contributed by atoms with Crippen molar-refractivity contribution in [3.63, 3.8) is 0 Å². The molecule has 0 heterocycles. The van der Waals surface area contributed by atoms with Crippen molar-refractivity contribution in [1.82, 2.24) is 0 Å². The number of nitrogens with two attached hydrogens (primary N) is 2. The van der Waals surface area contributed by atoms with Crippen LogP contribution in [0, 0.1) is 0 Å². The molecule has 0 spiro atoms. The van der Waals surface area contributed by atoms with Gasteiger partial charge in [-0.25, -0.2) is 0 Å². The summed E-state index contributed by atoms with van der Waals surface area (Å²) in [5, 5.41) is 0. The Bertz CT molecular complexity index is 773. The summed E-state index contributed by atoms with van der Waals surface area (Å²) in [4.78, 5) is 30.7. The van der Waals surface area contributed by atoms with Gasteiger partial charge in [-0.3, -0.25) is 9.59 Å². The lowest BCUT2D eigenvalue weighted by Gasteiger charge is -2.27. The van der Waals surface area contributed by atoms with Crippen LogP contribution in [0.5, 0.6) is 0 Å². The molecular formula is C14H14N4O6S. The van der Waals surface area contributed by atoms with Gasteiger partial charge in [0.1, 0.15) is 0 Å². The molecule has 2 rings (SSSR count). The molecule has 0 fully saturated rings. The third kappa shape index (κ3) is 3.90. The maximum atomic E-state index is 12.8. The lowest BCUT2D eigenvalue weighted by atomic mass is 10.3. The van der Waals surface area contributed by atoms with Gasteiger partial charge in [-0.1, -0.05) is 8.94 Å². The zero-order chi connectivity index (χ0) is 18.4. The van der Waals surface area contributed by atoms with Crippen molar-refractivity contribution in [2.45, 2.75) is 0 Å². The van der Waals surface area contributed by atoms with Crippen LogP contribution in [-0.4, -0.2) is 21.4 Å². The van der Waals surface area contributed by atoms with Crippen LogP contribution >= 0.6 is 0 Å². The van der Waals surface area contributed by atoms with Crippen molar-refractivity contribution in [2.24, 2.45) is 0 Å². The van der Waals surface area contributed by atoms with Crippen LogP contribution in [0.15, 0.2) is 48.5 Å². The second kappa shape index (κ2) is 7.40. The zero-order valence-electron chi connectivity index (χ0n) is 12.7. The normalized spacial score (nSPS) is 10.6. The van der Waals surface area contributed by atoms with Crippen LogP contribution in [-0.2, 0) is 29.5 Å². The van der Waals surface area contributed by atoms with E-state index < -0.39 is 10.2 Å². The van der Waals surface area contributed by atoms with Gasteiger partial charge in [-0.2, -0.15) is 8.42 Å². The van der Waals surface area contributed by atoms with Crippen molar-refractivity contribution >= 4 is 45.9 Å². The molecule has 0 radical (unpaired) electrons. The van der Waals surface area contributed by atoms with E-state index in [0.29, 0.717) is 11.4 Å². The fraction of sp³-hybridized carbons (Fsp3) is 0. The van der Waals surface area contributed by atoms with Crippen LogP contribution in [0.25, 0.3) is 0 Å². The highest BCUT2D eigenvalue weighted by Crippen LogP contribution is 2.26. The monoisotopic (exact) mass is 366 g/mol. The first kappa shape index (κ1) is 17.9. The maximum Gasteiger partial charge on any atom is 0.389 e. The highest BCUT2D eigenvalue weighted by molar-refractivity contribution is 7.93. The summed E-state index contributed by atoms with van der Waals surface area (Å²) in [6.45, 7) is -0.175. The molecule has 0 atom stereocenters. The highest BCUT2D eigenvalue weighted by Gasteiger charge is 2.34. The average Bonchev–Trinajstić information content (AvgIpc) is 2.59. The van der Waals surface area contributed by atoms with E-state index in [4.69, 9.17) is 11.5 Å². The minimum Gasteiger partial charge on any atom is -0.399 e. The number of carbonyl (C=O) groups is 2. The molecule has 0 aromatic heterocycles. The minimum atomic E-state index is -4.64. The maximum absolute atomic E-state index is 12.8. The second-order valence-corrected chi connectivity index (χ2v) is 6.11. The lowest BCUT2D eigenvalue weighted by Crippen LogP contribution is -2.44. The van der Waals surface area contributed by atoms with E-state index >= 15 is 0 Å². The molecule has 0 bridgehead atoms. The Kier molecular flexibility index (Phi) is 5.29. The van der Waals surface area contributed by atoms with Crippen molar-refractivity contribution < 1.29 is 27.7 Å². The Balaban J connectivity index is 2.51.